The van der Waals surface area contributed by atoms with Crippen LogP contribution in [0.4, 0.5) is 0 Å². The number of carbonyl (C=O) groups is 2. The van der Waals surface area contributed by atoms with Crippen LogP contribution in [-0.4, -0.2) is 29.1 Å². The molecule has 1 fully saturated rings. The molecule has 0 aliphatic heterocycles. The maximum absolute atomic E-state index is 11.6. The maximum atomic E-state index is 11.6. The summed E-state index contributed by atoms with van der Waals surface area (Å²) in [5.74, 6) is -1.29. The predicted molar refractivity (Wildman–Crippen MR) is 50.6 cm³/mol. The zero-order chi connectivity index (χ0) is 11.0. The van der Waals surface area contributed by atoms with E-state index < -0.39 is 16.9 Å². The molecule has 14 heavy (non-hydrogen) atoms. The van der Waals surface area contributed by atoms with Gasteiger partial charge in [-0.25, -0.2) is 4.79 Å². The predicted octanol–water partition coefficient (Wildman–Crippen LogP) is -0.295. The lowest BCUT2D eigenvalue weighted by molar-refractivity contribution is -0.146. The number of rotatable bonds is 4. The highest BCUT2D eigenvalue weighted by Gasteiger charge is 2.50. The van der Waals surface area contributed by atoms with Crippen LogP contribution in [0.2, 0.25) is 0 Å². The first-order valence-corrected chi connectivity index (χ1v) is 4.60. The number of carboxylic acids is 1. The van der Waals surface area contributed by atoms with Crippen LogP contribution < -0.4 is 11.1 Å². The highest BCUT2D eigenvalue weighted by Crippen LogP contribution is 2.44. The molecule has 0 aromatic carbocycles. The van der Waals surface area contributed by atoms with Crippen molar-refractivity contribution in [2.75, 3.05) is 6.54 Å². The average Bonchev–Trinajstić information content (AvgIpc) is 2.83. The second kappa shape index (κ2) is 3.24. The van der Waals surface area contributed by atoms with E-state index in [0.29, 0.717) is 0 Å². The van der Waals surface area contributed by atoms with E-state index in [4.69, 9.17) is 10.8 Å². The Labute approximate surface area is 82.7 Å². The number of carbonyl (C=O) groups excluding carboxylic acids is 1. The van der Waals surface area contributed by atoms with E-state index in [2.05, 4.69) is 5.32 Å². The Bertz CT molecular complexity index is 269. The van der Waals surface area contributed by atoms with Crippen molar-refractivity contribution in [3.05, 3.63) is 0 Å². The largest absolute Gasteiger partial charge is 0.480 e. The standard InChI is InChI=1S/C9H16N2O3/c1-8(2,7(13)14)11-6(12)9(5-10)3-4-9/h3-5,10H2,1-2H3,(H,11,12)(H,13,14). The molecule has 1 aliphatic carbocycles. The van der Waals surface area contributed by atoms with E-state index >= 15 is 0 Å². The molecule has 0 aromatic rings. The summed E-state index contributed by atoms with van der Waals surface area (Å²) < 4.78 is 0. The topological polar surface area (TPSA) is 92.4 Å². The van der Waals surface area contributed by atoms with Crippen LogP contribution in [0.1, 0.15) is 26.7 Å². The van der Waals surface area contributed by atoms with Crippen molar-refractivity contribution in [3.63, 3.8) is 0 Å². The second-order valence-corrected chi connectivity index (χ2v) is 4.37. The highest BCUT2D eigenvalue weighted by molar-refractivity contribution is 5.91. The summed E-state index contributed by atoms with van der Waals surface area (Å²) in [6.45, 7) is 3.20. The van der Waals surface area contributed by atoms with Crippen LogP contribution in [0, 0.1) is 5.41 Å². The van der Waals surface area contributed by atoms with E-state index in [1.807, 2.05) is 0 Å². The zero-order valence-electron chi connectivity index (χ0n) is 8.46. The lowest BCUT2D eigenvalue weighted by Crippen LogP contribution is -2.53. The molecule has 80 valence electrons. The van der Waals surface area contributed by atoms with Gasteiger partial charge in [0, 0.05) is 6.54 Å². The van der Waals surface area contributed by atoms with Crippen molar-refractivity contribution >= 4 is 11.9 Å². The van der Waals surface area contributed by atoms with Gasteiger partial charge in [0.1, 0.15) is 5.54 Å². The van der Waals surface area contributed by atoms with Crippen LogP contribution in [0.5, 0.6) is 0 Å². The molecule has 0 radical (unpaired) electrons. The van der Waals surface area contributed by atoms with Gasteiger partial charge >= 0.3 is 5.97 Å². The van der Waals surface area contributed by atoms with Crippen LogP contribution in [0.25, 0.3) is 0 Å². The number of amides is 1. The summed E-state index contributed by atoms with van der Waals surface area (Å²) in [5, 5.41) is 11.3. The Morgan fingerprint density at radius 3 is 2.29 bits per heavy atom. The number of nitrogens with one attached hydrogen (secondary N) is 1. The molecule has 0 unspecified atom stereocenters. The molecule has 0 aromatic heterocycles. The molecule has 0 atom stereocenters. The minimum Gasteiger partial charge on any atom is -0.480 e. The van der Waals surface area contributed by atoms with Gasteiger partial charge in [0.05, 0.1) is 5.41 Å². The number of hydrogen-bond acceptors (Lipinski definition) is 3. The molecule has 1 rings (SSSR count). The lowest BCUT2D eigenvalue weighted by atomic mass is 10.0. The Hall–Kier alpha value is -1.10. The third-order valence-electron chi connectivity index (χ3n) is 2.69. The van der Waals surface area contributed by atoms with Gasteiger partial charge in [0.2, 0.25) is 5.91 Å². The fourth-order valence-corrected chi connectivity index (χ4v) is 1.14. The normalized spacial score (nSPS) is 18.8. The molecule has 1 aliphatic rings. The highest BCUT2D eigenvalue weighted by atomic mass is 16.4. The molecule has 1 saturated carbocycles. The van der Waals surface area contributed by atoms with Gasteiger partial charge in [0.25, 0.3) is 0 Å². The van der Waals surface area contributed by atoms with Crippen molar-refractivity contribution < 1.29 is 14.7 Å². The molecule has 0 saturated heterocycles. The molecule has 1 amide bonds. The van der Waals surface area contributed by atoms with Crippen molar-refractivity contribution in [3.8, 4) is 0 Å². The molecule has 0 bridgehead atoms. The Morgan fingerprint density at radius 2 is 2.00 bits per heavy atom. The van der Waals surface area contributed by atoms with Gasteiger partial charge in [-0.3, -0.25) is 4.79 Å². The Balaban J connectivity index is 2.61. The first-order valence-electron chi connectivity index (χ1n) is 4.60. The van der Waals surface area contributed by atoms with Crippen LogP contribution in [-0.2, 0) is 9.59 Å². The fourth-order valence-electron chi connectivity index (χ4n) is 1.14. The summed E-state index contributed by atoms with van der Waals surface area (Å²) in [6, 6.07) is 0. The monoisotopic (exact) mass is 200 g/mol. The van der Waals surface area contributed by atoms with Crippen LogP contribution >= 0.6 is 0 Å². The molecule has 5 heteroatoms. The van der Waals surface area contributed by atoms with Crippen molar-refractivity contribution in [1.82, 2.24) is 5.32 Å². The summed E-state index contributed by atoms with van der Waals surface area (Å²) in [4.78, 5) is 22.4. The number of aliphatic carboxylic acids is 1. The SMILES string of the molecule is CC(C)(NC(=O)C1(CN)CC1)C(=O)O. The summed E-state index contributed by atoms with van der Waals surface area (Å²) in [7, 11) is 0. The number of nitrogens with two attached hydrogens (primary N) is 1. The minimum atomic E-state index is -1.22. The second-order valence-electron chi connectivity index (χ2n) is 4.37. The van der Waals surface area contributed by atoms with Crippen molar-refractivity contribution in [2.45, 2.75) is 32.2 Å². The van der Waals surface area contributed by atoms with E-state index in [-0.39, 0.29) is 12.5 Å². The summed E-state index contributed by atoms with van der Waals surface area (Å²) in [6.07, 6.45) is 1.51. The number of hydrogen-bond donors (Lipinski definition) is 3. The van der Waals surface area contributed by atoms with Crippen LogP contribution in [0.15, 0.2) is 0 Å². The molecular weight excluding hydrogens is 184 g/mol. The Kier molecular flexibility index (Phi) is 2.54. The maximum Gasteiger partial charge on any atom is 0.328 e. The lowest BCUT2D eigenvalue weighted by Gasteiger charge is -2.24. The molecule has 5 nitrogen and oxygen atoms in total. The first kappa shape index (κ1) is 11.0. The Morgan fingerprint density at radius 1 is 1.50 bits per heavy atom. The molecule has 4 N–H and O–H groups in total. The average molecular weight is 200 g/mol. The van der Waals surface area contributed by atoms with E-state index in [1.54, 1.807) is 0 Å². The van der Waals surface area contributed by atoms with E-state index in [9.17, 15) is 9.59 Å². The molecule has 0 heterocycles. The van der Waals surface area contributed by atoms with Crippen molar-refractivity contribution in [2.24, 2.45) is 11.1 Å². The fraction of sp³-hybridized carbons (Fsp3) is 0.778. The third kappa shape index (κ3) is 1.87. The smallest absolute Gasteiger partial charge is 0.328 e. The van der Waals surface area contributed by atoms with Gasteiger partial charge in [-0.05, 0) is 26.7 Å². The summed E-state index contributed by atoms with van der Waals surface area (Å²) >= 11 is 0. The third-order valence-corrected chi connectivity index (χ3v) is 2.69. The van der Waals surface area contributed by atoms with Crippen LogP contribution in [0.3, 0.4) is 0 Å². The van der Waals surface area contributed by atoms with E-state index in [0.717, 1.165) is 12.8 Å². The zero-order valence-corrected chi connectivity index (χ0v) is 8.46. The first-order chi connectivity index (χ1) is 6.34. The van der Waals surface area contributed by atoms with Gasteiger partial charge in [-0.1, -0.05) is 0 Å². The van der Waals surface area contributed by atoms with Gasteiger partial charge < -0.3 is 16.2 Å². The van der Waals surface area contributed by atoms with Gasteiger partial charge in [0.15, 0.2) is 0 Å². The number of carboxylic acid groups (broad SMARTS) is 1. The van der Waals surface area contributed by atoms with Gasteiger partial charge in [-0.15, -0.1) is 0 Å². The quantitative estimate of drug-likeness (QED) is 0.581. The summed E-state index contributed by atoms with van der Waals surface area (Å²) in [5.41, 5.74) is 3.74. The molecular formula is C9H16N2O3. The van der Waals surface area contributed by atoms with Crippen molar-refractivity contribution in [1.29, 1.82) is 0 Å². The van der Waals surface area contributed by atoms with Gasteiger partial charge in [-0.2, -0.15) is 0 Å². The minimum absolute atomic E-state index is 0.243. The van der Waals surface area contributed by atoms with E-state index in [1.165, 1.54) is 13.8 Å². The molecule has 0 spiro atoms.